The summed E-state index contributed by atoms with van der Waals surface area (Å²) in [5.41, 5.74) is 2.66. The molecule has 0 amide bonds. The summed E-state index contributed by atoms with van der Waals surface area (Å²) in [5, 5.41) is 0. The summed E-state index contributed by atoms with van der Waals surface area (Å²) in [6, 6.07) is 0. The normalized spacial score (nSPS) is 28.1. The second-order valence-corrected chi connectivity index (χ2v) is 5.53. The Morgan fingerprint density at radius 2 is 2.20 bits per heavy atom. The average Bonchev–Trinajstić information content (AvgIpc) is 1.98. The molecule has 1 fully saturated rings. The Bertz CT molecular complexity index is 307. The van der Waals surface area contributed by atoms with Crippen LogP contribution in [0.1, 0.15) is 47.0 Å². The molecule has 1 aliphatic rings. The van der Waals surface area contributed by atoms with Crippen molar-refractivity contribution in [2.45, 2.75) is 47.0 Å². The van der Waals surface area contributed by atoms with Gasteiger partial charge in [-0.05, 0) is 24.7 Å². The first-order chi connectivity index (χ1) is 6.83. The molecule has 1 atom stereocenters. The van der Waals surface area contributed by atoms with Crippen molar-refractivity contribution in [3.05, 3.63) is 23.8 Å². The van der Waals surface area contributed by atoms with E-state index in [0.717, 1.165) is 6.42 Å². The molecule has 1 heteroatoms. The summed E-state index contributed by atoms with van der Waals surface area (Å²) in [6.07, 6.45) is 4.63. The molecule has 84 valence electrons. The van der Waals surface area contributed by atoms with Crippen molar-refractivity contribution in [2.24, 2.45) is 11.3 Å². The molecule has 0 N–H and O–H groups in total. The van der Waals surface area contributed by atoms with Crippen LogP contribution in [-0.2, 0) is 4.79 Å². The third kappa shape index (κ3) is 3.05. The van der Waals surface area contributed by atoms with Crippen molar-refractivity contribution < 1.29 is 4.79 Å². The number of hydrogen-bond acceptors (Lipinski definition) is 1. The lowest BCUT2D eigenvalue weighted by atomic mass is 9.67. The number of carbonyl (C=O) groups is 1. The lowest BCUT2D eigenvalue weighted by Gasteiger charge is -2.36. The van der Waals surface area contributed by atoms with Gasteiger partial charge in [0.2, 0.25) is 0 Å². The second-order valence-electron chi connectivity index (χ2n) is 5.53. The van der Waals surface area contributed by atoms with Crippen LogP contribution < -0.4 is 0 Å². The van der Waals surface area contributed by atoms with Gasteiger partial charge in [0, 0.05) is 12.8 Å². The van der Waals surface area contributed by atoms with Crippen molar-refractivity contribution in [1.29, 1.82) is 0 Å². The molecule has 0 aromatic carbocycles. The lowest BCUT2D eigenvalue weighted by Crippen LogP contribution is -2.30. The lowest BCUT2D eigenvalue weighted by molar-refractivity contribution is -0.122. The van der Waals surface area contributed by atoms with E-state index in [1.165, 1.54) is 11.1 Å². The van der Waals surface area contributed by atoms with Crippen LogP contribution in [0.25, 0.3) is 0 Å². The maximum atomic E-state index is 11.5. The SMILES string of the molecule is C=C(C)CC=C1C(C)CC(=O)CC1(C)C. The molecule has 0 bridgehead atoms. The smallest absolute Gasteiger partial charge is 0.134 e. The Labute approximate surface area is 93.3 Å². The predicted molar refractivity (Wildman–Crippen MR) is 64.7 cm³/mol. The van der Waals surface area contributed by atoms with E-state index >= 15 is 0 Å². The number of ketones is 1. The highest BCUT2D eigenvalue weighted by molar-refractivity contribution is 5.81. The fourth-order valence-electron chi connectivity index (χ4n) is 2.55. The van der Waals surface area contributed by atoms with Gasteiger partial charge in [-0.15, -0.1) is 0 Å². The van der Waals surface area contributed by atoms with E-state index in [9.17, 15) is 4.79 Å². The summed E-state index contributed by atoms with van der Waals surface area (Å²) >= 11 is 0. The van der Waals surface area contributed by atoms with Crippen molar-refractivity contribution >= 4 is 5.78 Å². The van der Waals surface area contributed by atoms with Crippen LogP contribution in [0.4, 0.5) is 0 Å². The zero-order valence-electron chi connectivity index (χ0n) is 10.4. The standard InChI is InChI=1S/C14H22O/c1-10(2)6-7-13-11(3)8-12(15)9-14(13,4)5/h7,11H,1,6,8-9H2,2-5H3. The molecule has 0 heterocycles. The first-order valence-corrected chi connectivity index (χ1v) is 5.69. The Balaban J connectivity index is 2.89. The highest BCUT2D eigenvalue weighted by atomic mass is 16.1. The van der Waals surface area contributed by atoms with Crippen LogP contribution in [0, 0.1) is 11.3 Å². The molecule has 1 nitrogen and oxygen atoms in total. The van der Waals surface area contributed by atoms with Crippen LogP contribution in [-0.4, -0.2) is 5.78 Å². The maximum Gasteiger partial charge on any atom is 0.134 e. The topological polar surface area (TPSA) is 17.1 Å². The van der Waals surface area contributed by atoms with Gasteiger partial charge in [0.1, 0.15) is 5.78 Å². The van der Waals surface area contributed by atoms with Gasteiger partial charge in [0.25, 0.3) is 0 Å². The summed E-state index contributed by atoms with van der Waals surface area (Å²) in [6.45, 7) is 12.5. The van der Waals surface area contributed by atoms with Crippen molar-refractivity contribution in [2.75, 3.05) is 0 Å². The number of carbonyl (C=O) groups excluding carboxylic acids is 1. The van der Waals surface area contributed by atoms with Gasteiger partial charge in [0.05, 0.1) is 0 Å². The minimum atomic E-state index is 0.0458. The molecule has 1 rings (SSSR count). The molecule has 1 saturated carbocycles. The van der Waals surface area contributed by atoms with E-state index in [0.29, 0.717) is 24.5 Å². The first kappa shape index (κ1) is 12.2. The third-order valence-electron chi connectivity index (χ3n) is 3.16. The summed E-state index contributed by atoms with van der Waals surface area (Å²) in [4.78, 5) is 11.5. The monoisotopic (exact) mass is 206 g/mol. The number of rotatable bonds is 2. The van der Waals surface area contributed by atoms with Gasteiger partial charge in [-0.3, -0.25) is 4.79 Å². The van der Waals surface area contributed by atoms with E-state index < -0.39 is 0 Å². The molecule has 0 aliphatic heterocycles. The van der Waals surface area contributed by atoms with E-state index in [1.807, 2.05) is 6.92 Å². The Morgan fingerprint density at radius 1 is 1.60 bits per heavy atom. The summed E-state index contributed by atoms with van der Waals surface area (Å²) in [7, 11) is 0. The molecule has 0 radical (unpaired) electrons. The summed E-state index contributed by atoms with van der Waals surface area (Å²) in [5.74, 6) is 0.806. The Kier molecular flexibility index (Phi) is 3.54. The van der Waals surface area contributed by atoms with Crippen molar-refractivity contribution in [3.8, 4) is 0 Å². The molecule has 1 aliphatic carbocycles. The molecule has 0 aromatic heterocycles. The average molecular weight is 206 g/mol. The van der Waals surface area contributed by atoms with Crippen LogP contribution in [0.15, 0.2) is 23.8 Å². The van der Waals surface area contributed by atoms with Gasteiger partial charge in [-0.1, -0.05) is 44.6 Å². The van der Waals surface area contributed by atoms with Crippen molar-refractivity contribution in [1.82, 2.24) is 0 Å². The van der Waals surface area contributed by atoms with E-state index in [2.05, 4.69) is 33.4 Å². The fraction of sp³-hybridized carbons (Fsp3) is 0.643. The molecule has 0 saturated heterocycles. The van der Waals surface area contributed by atoms with Crippen LogP contribution in [0.2, 0.25) is 0 Å². The summed E-state index contributed by atoms with van der Waals surface area (Å²) < 4.78 is 0. The van der Waals surface area contributed by atoms with E-state index in [-0.39, 0.29) is 5.41 Å². The van der Waals surface area contributed by atoms with Gasteiger partial charge >= 0.3 is 0 Å². The van der Waals surface area contributed by atoms with E-state index in [1.54, 1.807) is 0 Å². The number of Topliss-reactive ketones (excluding diaryl/α,β-unsaturated/α-hetero) is 1. The zero-order chi connectivity index (χ0) is 11.6. The quantitative estimate of drug-likeness (QED) is 0.626. The molecule has 0 aromatic rings. The Hall–Kier alpha value is -0.850. The molecular weight excluding hydrogens is 184 g/mol. The minimum absolute atomic E-state index is 0.0458. The van der Waals surface area contributed by atoms with Crippen LogP contribution >= 0.6 is 0 Å². The first-order valence-electron chi connectivity index (χ1n) is 5.69. The van der Waals surface area contributed by atoms with Crippen LogP contribution in [0.3, 0.4) is 0 Å². The van der Waals surface area contributed by atoms with Gasteiger partial charge in [-0.2, -0.15) is 0 Å². The second kappa shape index (κ2) is 4.34. The Morgan fingerprint density at radius 3 is 2.67 bits per heavy atom. The largest absolute Gasteiger partial charge is 0.300 e. The molecule has 0 spiro atoms. The van der Waals surface area contributed by atoms with Gasteiger partial charge in [0.15, 0.2) is 0 Å². The minimum Gasteiger partial charge on any atom is -0.300 e. The highest BCUT2D eigenvalue weighted by Crippen LogP contribution is 2.42. The molecular formula is C14H22O. The fourth-order valence-corrected chi connectivity index (χ4v) is 2.55. The third-order valence-corrected chi connectivity index (χ3v) is 3.16. The maximum absolute atomic E-state index is 11.5. The number of hydrogen-bond donors (Lipinski definition) is 0. The van der Waals surface area contributed by atoms with Gasteiger partial charge in [-0.25, -0.2) is 0 Å². The molecule has 1 unspecified atom stereocenters. The van der Waals surface area contributed by atoms with Crippen LogP contribution in [0.5, 0.6) is 0 Å². The molecule has 15 heavy (non-hydrogen) atoms. The van der Waals surface area contributed by atoms with E-state index in [4.69, 9.17) is 0 Å². The highest BCUT2D eigenvalue weighted by Gasteiger charge is 2.35. The van der Waals surface area contributed by atoms with Gasteiger partial charge < -0.3 is 0 Å². The zero-order valence-corrected chi connectivity index (χ0v) is 10.4. The number of allylic oxidation sites excluding steroid dienone is 3. The predicted octanol–water partition coefficient (Wildman–Crippen LogP) is 3.90. The van der Waals surface area contributed by atoms with Crippen molar-refractivity contribution in [3.63, 3.8) is 0 Å².